The van der Waals surface area contributed by atoms with Crippen LogP contribution in [0.15, 0.2) is 190 Å². The minimum atomic E-state index is -4.38. The van der Waals surface area contributed by atoms with Crippen molar-refractivity contribution >= 4 is 109 Å². The molecule has 10 aromatic rings. The van der Waals surface area contributed by atoms with Crippen LogP contribution in [0.2, 0.25) is 0 Å². The summed E-state index contributed by atoms with van der Waals surface area (Å²) in [6, 6.07) is 29.0. The van der Waals surface area contributed by atoms with E-state index in [0.29, 0.717) is 163 Å². The summed E-state index contributed by atoms with van der Waals surface area (Å²) < 4.78 is 152. The second-order valence-corrected chi connectivity index (χ2v) is 36.1. The molecule has 0 spiro atoms. The molecule has 0 unspecified atom stereocenters. The number of ether oxygens (including phenoxy) is 6. The minimum Gasteiger partial charge on any atom is -0.480 e. The van der Waals surface area contributed by atoms with Gasteiger partial charge in [0.25, 0.3) is 11.8 Å². The fourth-order valence-corrected chi connectivity index (χ4v) is 17.4. The molecule has 696 valence electrons. The number of carbonyl (C=O) groups excluding carboxylic acids is 4. The van der Waals surface area contributed by atoms with Gasteiger partial charge in [-0.05, 0) is 159 Å². The fraction of sp³-hybridized carbons (Fsp3) is 0.405. The molecule has 15 N–H and O–H groups in total. The number of aromatic nitrogens is 8. The van der Waals surface area contributed by atoms with E-state index < -0.39 is 95.1 Å². The van der Waals surface area contributed by atoms with Gasteiger partial charge in [-0.25, -0.2) is 53.1 Å². The lowest BCUT2D eigenvalue weighted by atomic mass is 10.1. The maximum atomic E-state index is 13.4. The lowest BCUT2D eigenvalue weighted by Gasteiger charge is -2.16. The van der Waals surface area contributed by atoms with Crippen molar-refractivity contribution in [3.8, 4) is 22.3 Å². The number of likely N-dealkylation sites (N-methyl/N-ethyl adjacent to an activating group) is 1. The highest BCUT2D eigenvalue weighted by Gasteiger charge is 2.29. The quantitative estimate of drug-likeness (QED) is 0.0239. The van der Waals surface area contributed by atoms with Gasteiger partial charge in [0, 0.05) is 145 Å². The van der Waals surface area contributed by atoms with E-state index in [1.165, 1.54) is 72.8 Å². The number of benzene rings is 6. The summed E-state index contributed by atoms with van der Waals surface area (Å²) in [5.41, 5.74) is 4.33. The van der Waals surface area contributed by atoms with Crippen LogP contribution in [0.25, 0.3) is 44.1 Å². The Kier molecular flexibility index (Phi) is 39.4. The minimum absolute atomic E-state index is 0.0107. The Morgan fingerprint density at radius 3 is 1.10 bits per heavy atom. The predicted octanol–water partition coefficient (Wildman–Crippen LogP) is 4.01. The fourth-order valence-electron chi connectivity index (χ4n) is 12.9. The lowest BCUT2D eigenvalue weighted by Crippen LogP contribution is -2.48. The molecule has 4 aromatic heterocycles. The zero-order valence-electron chi connectivity index (χ0n) is 71.0. The average Bonchev–Trinajstić information content (AvgIpc) is 1.79. The molecule has 0 radical (unpaired) electrons. The monoisotopic (exact) mass is 1860 g/mol. The summed E-state index contributed by atoms with van der Waals surface area (Å²) in [7, 11) is -14.9. The number of sulfonamides is 4. The number of hydrogen-bond donors (Lipinski definition) is 15. The number of carboxylic acids is 2. The first-order valence-corrected chi connectivity index (χ1v) is 47.7. The number of nitrogens with zero attached hydrogens (tertiary/aromatic N) is 6. The highest BCUT2D eigenvalue weighted by Crippen LogP contribution is 2.27. The number of imidazole rings is 2. The topological polar surface area (TPSA) is 560 Å². The van der Waals surface area contributed by atoms with Gasteiger partial charge in [0.1, 0.15) is 12.1 Å². The van der Waals surface area contributed by atoms with Crippen LogP contribution >= 0.6 is 0 Å². The van der Waals surface area contributed by atoms with Crippen molar-refractivity contribution in [2.75, 3.05) is 149 Å². The highest BCUT2D eigenvalue weighted by molar-refractivity contribution is 7.90. The van der Waals surface area contributed by atoms with E-state index >= 15 is 0 Å². The van der Waals surface area contributed by atoms with Crippen molar-refractivity contribution in [1.82, 2.24) is 85.0 Å². The number of carboxylic acid groups (broad SMARTS) is 2. The first-order chi connectivity index (χ1) is 62.2. The van der Waals surface area contributed by atoms with Gasteiger partial charge in [-0.15, -0.1) is 0 Å². The van der Waals surface area contributed by atoms with Crippen LogP contribution < -0.4 is 56.1 Å². The summed E-state index contributed by atoms with van der Waals surface area (Å²) >= 11 is 0. The summed E-state index contributed by atoms with van der Waals surface area (Å²) in [6.07, 6.45) is 13.8. The van der Waals surface area contributed by atoms with Gasteiger partial charge in [0.05, 0.1) is 102 Å². The van der Waals surface area contributed by atoms with Gasteiger partial charge in [0.15, 0.2) is 11.9 Å². The van der Waals surface area contributed by atoms with Gasteiger partial charge in [-0.2, -0.15) is 19.6 Å². The zero-order chi connectivity index (χ0) is 91.9. The molecule has 6 aromatic carbocycles. The van der Waals surface area contributed by atoms with E-state index in [9.17, 15) is 72.7 Å². The number of anilines is 2. The largest absolute Gasteiger partial charge is 0.480 e. The lowest BCUT2D eigenvalue weighted by molar-refractivity contribution is -0.139. The Morgan fingerprint density at radius 2 is 0.752 bits per heavy atom. The molecule has 45 heteroatoms. The average molecular weight is 1870 g/mol. The van der Waals surface area contributed by atoms with Crippen LogP contribution in [0.4, 0.5) is 11.9 Å². The van der Waals surface area contributed by atoms with E-state index in [-0.39, 0.29) is 94.9 Å². The molecule has 0 bridgehead atoms. The van der Waals surface area contributed by atoms with Crippen LogP contribution in [0.1, 0.15) is 72.1 Å². The van der Waals surface area contributed by atoms with Gasteiger partial charge in [0.2, 0.25) is 51.9 Å². The first kappa shape index (κ1) is 99.6. The molecule has 10 rings (SSSR count). The molecule has 0 aliphatic carbocycles. The SMILES string of the molecule is CN[C@@H](CCC(=O)NCCCOCCOCCOCCCNS(=O)(=O)c1ccc(-c2ccc(S(=O)(=O)N[C@@H](CNC(=O)c3ccc4c(cnn4CCCNc4ncc[nH]4)c3)C(=O)O)cc2)cc1)C(=O)NCCCOCCOCCOCCCNS(=O)(=O)c1ccc(-c2ccc(S(=O)(=O)N[C@@H](CNC(=O)c3ccc4c(cnn4CCCNc4ncc[nH]4)c3)C(=O)O)cc2)cc1. The van der Waals surface area contributed by atoms with Crippen molar-refractivity contribution in [2.45, 2.75) is 102 Å². The number of nitrogens with one attached hydrogen (secondary N) is 13. The molecule has 0 saturated heterocycles. The maximum absolute atomic E-state index is 13.4. The molecular formula is C84H109N19O22S4. The molecule has 0 aliphatic heterocycles. The van der Waals surface area contributed by atoms with Gasteiger partial charge in [-0.3, -0.25) is 38.1 Å². The molecule has 4 heterocycles. The van der Waals surface area contributed by atoms with Crippen molar-refractivity contribution < 1.29 is 101 Å². The van der Waals surface area contributed by atoms with Gasteiger partial charge >= 0.3 is 11.9 Å². The first-order valence-electron chi connectivity index (χ1n) is 41.8. The van der Waals surface area contributed by atoms with Crippen molar-refractivity contribution in [3.05, 3.63) is 182 Å². The third-order valence-electron chi connectivity index (χ3n) is 19.8. The van der Waals surface area contributed by atoms with E-state index in [0.717, 1.165) is 23.9 Å². The highest BCUT2D eigenvalue weighted by atomic mass is 32.2. The third-order valence-corrected chi connectivity index (χ3v) is 25.7. The van der Waals surface area contributed by atoms with Crippen LogP contribution in [0.5, 0.6) is 0 Å². The predicted molar refractivity (Wildman–Crippen MR) is 477 cm³/mol. The molecule has 0 fully saturated rings. The third kappa shape index (κ3) is 32.3. The number of carbonyl (C=O) groups is 6. The Labute approximate surface area is 746 Å². The smallest absolute Gasteiger partial charge is 0.323 e. The van der Waals surface area contributed by atoms with Crippen LogP contribution in [-0.4, -0.2) is 276 Å². The van der Waals surface area contributed by atoms with Crippen molar-refractivity contribution in [2.24, 2.45) is 0 Å². The second-order valence-electron chi connectivity index (χ2n) is 29.2. The van der Waals surface area contributed by atoms with Gasteiger partial charge < -0.3 is 85.8 Å². The summed E-state index contributed by atoms with van der Waals surface area (Å²) in [4.78, 5) is 89.7. The normalized spacial score (nSPS) is 12.7. The van der Waals surface area contributed by atoms with Crippen LogP contribution in [-0.2, 0) is 101 Å². The summed E-state index contributed by atoms with van der Waals surface area (Å²) in [5.74, 6) is -3.34. The molecule has 4 amide bonds. The summed E-state index contributed by atoms with van der Waals surface area (Å²) in [6.45, 7) is 6.06. The van der Waals surface area contributed by atoms with Crippen LogP contribution in [0, 0.1) is 0 Å². The number of aryl methyl sites for hydroxylation is 2. The number of fused-ring (bicyclic) bond motifs is 2. The van der Waals surface area contributed by atoms with Gasteiger partial charge in [-0.1, -0.05) is 48.5 Å². The molecule has 129 heavy (non-hydrogen) atoms. The Balaban J connectivity index is 0.478. The molecule has 0 aliphatic rings. The summed E-state index contributed by atoms with van der Waals surface area (Å²) in [5, 5.41) is 50.0. The van der Waals surface area contributed by atoms with Crippen molar-refractivity contribution in [3.63, 3.8) is 0 Å². The van der Waals surface area contributed by atoms with E-state index in [1.54, 1.807) is 114 Å². The number of aliphatic carboxylic acids is 2. The van der Waals surface area contributed by atoms with E-state index in [1.807, 2.05) is 0 Å². The molecule has 3 atom stereocenters. The number of H-pyrrole nitrogens is 2. The second kappa shape index (κ2) is 51.0. The number of rotatable bonds is 63. The Hall–Kier alpha value is -11.5. The Morgan fingerprint density at radius 1 is 0.403 bits per heavy atom. The molecule has 41 nitrogen and oxygen atoms in total. The number of hydrogen-bond acceptors (Lipinski definition) is 27. The molecular weight excluding hydrogens is 1760 g/mol. The Bertz CT molecular complexity index is 5700. The zero-order valence-corrected chi connectivity index (χ0v) is 74.3. The molecule has 0 saturated carbocycles. The number of amides is 4. The standard InChI is InChI=1S/C84H109N19O22S4/c1-85-72(80(107)87-33-5-43-121-47-51-125-53-49-123-45-7-35-99-127(114,115)69-20-10-61(11-21-69)63-14-24-71(25-15-63)129(118,119)101-74(82(110)111)59-95-79(106)65-17-28-76-67(55-65)57-97-103(76)41-3-31-89-84-92-38-39-93-84)26-29-77(104)86-32-4-42-120-46-50-124-52-48-122-44-6-34-98-126(112,113)68-18-8-60(9-19-68)62-12-22-70(23-13-62)128(116,117)100-73(81(108)109)58-94-78(105)64-16-27-75-66(54-64)56-96-102(75)40-2-30-88-83-90-36-37-91-83/h8-25,27-28,36-39,54-57,72-74,85,98-101H,2-7,26,29-35,40-53,58-59H2,1H3,(H,86,104)(H,87,107)(H,94,105)(H,95,106)(H,108,109)(H,110,111)(H2,88,90,91)(H2,89,92,93)/t72-,73-,74-/m0/s1. The van der Waals surface area contributed by atoms with E-state index in [2.05, 4.69) is 86.2 Å². The van der Waals surface area contributed by atoms with Crippen LogP contribution in [0.3, 0.4) is 0 Å². The number of aromatic amines is 2. The maximum Gasteiger partial charge on any atom is 0.323 e. The van der Waals surface area contributed by atoms with E-state index in [4.69, 9.17) is 28.4 Å². The van der Waals surface area contributed by atoms with Crippen molar-refractivity contribution in [1.29, 1.82) is 0 Å².